The van der Waals surface area contributed by atoms with Gasteiger partial charge in [0.1, 0.15) is 17.2 Å². The molecule has 2 aromatic carbocycles. The van der Waals surface area contributed by atoms with Crippen molar-refractivity contribution in [2.45, 2.75) is 0 Å². The molecule has 0 saturated carbocycles. The van der Waals surface area contributed by atoms with Crippen LogP contribution in [0.3, 0.4) is 0 Å². The molecule has 5 rings (SSSR count). The SMILES string of the molecule is Cn1cc(NC(=O)c2cc(NC(=O)c3ccc(/C=C/c4cccc(F)c4)cc3)cn2C)cc1C(=O)NCCN1CCOCC1. The summed E-state index contributed by atoms with van der Waals surface area (Å²) in [5.74, 6) is -1.23. The van der Waals surface area contributed by atoms with Crippen molar-refractivity contribution in [2.75, 3.05) is 50.0 Å². The van der Waals surface area contributed by atoms with Crippen LogP contribution in [0, 0.1) is 5.82 Å². The van der Waals surface area contributed by atoms with Crippen molar-refractivity contribution in [3.63, 3.8) is 0 Å². The molecule has 0 radical (unpaired) electrons. The predicted molar refractivity (Wildman–Crippen MR) is 168 cm³/mol. The maximum Gasteiger partial charge on any atom is 0.272 e. The van der Waals surface area contributed by atoms with E-state index in [2.05, 4.69) is 20.9 Å². The lowest BCUT2D eigenvalue weighted by Gasteiger charge is -2.26. The van der Waals surface area contributed by atoms with Crippen molar-refractivity contribution >= 4 is 41.2 Å². The predicted octanol–water partition coefficient (Wildman–Crippen LogP) is 4.24. The number of nitrogens with zero attached hydrogens (tertiary/aromatic N) is 3. The number of halogens is 1. The number of aryl methyl sites for hydroxylation is 2. The van der Waals surface area contributed by atoms with E-state index >= 15 is 0 Å². The average molecular weight is 599 g/mol. The van der Waals surface area contributed by atoms with Gasteiger partial charge in [-0.05, 0) is 47.5 Å². The Morgan fingerprint density at radius 2 is 1.41 bits per heavy atom. The van der Waals surface area contributed by atoms with E-state index in [0.717, 1.165) is 30.8 Å². The molecule has 228 valence electrons. The summed E-state index contributed by atoms with van der Waals surface area (Å²) in [4.78, 5) is 40.9. The smallest absolute Gasteiger partial charge is 0.272 e. The lowest BCUT2D eigenvalue weighted by atomic mass is 10.1. The summed E-state index contributed by atoms with van der Waals surface area (Å²) >= 11 is 0. The highest BCUT2D eigenvalue weighted by atomic mass is 19.1. The van der Waals surface area contributed by atoms with Crippen LogP contribution in [0.1, 0.15) is 42.5 Å². The largest absolute Gasteiger partial charge is 0.379 e. The van der Waals surface area contributed by atoms with Gasteiger partial charge >= 0.3 is 0 Å². The zero-order chi connectivity index (χ0) is 31.1. The number of rotatable bonds is 10. The van der Waals surface area contributed by atoms with Gasteiger partial charge in [0.15, 0.2) is 0 Å². The summed E-state index contributed by atoms with van der Waals surface area (Å²) in [6.45, 7) is 4.38. The van der Waals surface area contributed by atoms with Crippen molar-refractivity contribution in [1.29, 1.82) is 0 Å². The molecule has 11 heteroatoms. The second kappa shape index (κ2) is 14.0. The fraction of sp³-hybridized carbons (Fsp3) is 0.242. The number of benzene rings is 2. The summed E-state index contributed by atoms with van der Waals surface area (Å²) < 4.78 is 22.0. The van der Waals surface area contributed by atoms with Gasteiger partial charge in [-0.15, -0.1) is 0 Å². The summed E-state index contributed by atoms with van der Waals surface area (Å²) in [5, 5.41) is 8.59. The molecule has 44 heavy (non-hydrogen) atoms. The highest BCUT2D eigenvalue weighted by Crippen LogP contribution is 2.19. The summed E-state index contributed by atoms with van der Waals surface area (Å²) in [5.41, 5.74) is 3.75. The minimum atomic E-state index is -0.382. The molecule has 0 aliphatic carbocycles. The number of ether oxygens (including phenoxy) is 1. The molecule has 0 unspecified atom stereocenters. The first kappa shape index (κ1) is 30.5. The van der Waals surface area contributed by atoms with Gasteiger partial charge in [-0.3, -0.25) is 19.3 Å². The molecule has 1 aliphatic heterocycles. The molecule has 1 saturated heterocycles. The molecular weight excluding hydrogens is 563 g/mol. The van der Waals surface area contributed by atoms with Crippen molar-refractivity contribution in [2.24, 2.45) is 14.1 Å². The Balaban J connectivity index is 1.15. The Morgan fingerprint density at radius 3 is 2.07 bits per heavy atom. The number of hydrogen-bond donors (Lipinski definition) is 3. The number of hydrogen-bond acceptors (Lipinski definition) is 5. The number of aromatic nitrogens is 2. The van der Waals surface area contributed by atoms with E-state index in [1.165, 1.54) is 12.1 Å². The van der Waals surface area contributed by atoms with E-state index in [0.29, 0.717) is 48.1 Å². The molecule has 3 heterocycles. The van der Waals surface area contributed by atoms with E-state index in [4.69, 9.17) is 4.74 Å². The molecule has 3 amide bonds. The third-order valence-corrected chi connectivity index (χ3v) is 7.30. The standard InChI is InChI=1S/C33H35FN6O4/c1-38-22-28(19-29(38)32(42)35-12-13-40-14-16-44-17-15-40)37-33(43)30-20-27(21-39(30)2)36-31(41)25-10-8-23(9-11-25)6-7-24-4-3-5-26(34)18-24/h3-11,18-22H,12-17H2,1-2H3,(H,35,42)(H,36,41)(H,37,43)/b7-6+. The van der Waals surface area contributed by atoms with Crippen molar-refractivity contribution in [1.82, 2.24) is 19.4 Å². The molecule has 0 bridgehead atoms. The molecule has 1 fully saturated rings. The van der Waals surface area contributed by atoms with Crippen LogP contribution in [0.15, 0.2) is 73.1 Å². The molecule has 3 N–H and O–H groups in total. The lowest BCUT2D eigenvalue weighted by molar-refractivity contribution is 0.0383. The third-order valence-electron chi connectivity index (χ3n) is 7.30. The minimum absolute atomic E-state index is 0.222. The van der Waals surface area contributed by atoms with Gasteiger partial charge in [0.05, 0.1) is 24.6 Å². The van der Waals surface area contributed by atoms with Crippen LogP contribution in [-0.4, -0.2) is 71.1 Å². The number of anilines is 2. The fourth-order valence-corrected chi connectivity index (χ4v) is 4.91. The van der Waals surface area contributed by atoms with E-state index < -0.39 is 0 Å². The summed E-state index contributed by atoms with van der Waals surface area (Å²) in [6, 6.07) is 16.5. The van der Waals surface area contributed by atoms with Gasteiger partial charge in [0.25, 0.3) is 17.7 Å². The first-order valence-electron chi connectivity index (χ1n) is 14.3. The molecule has 1 aliphatic rings. The fourth-order valence-electron chi connectivity index (χ4n) is 4.91. The van der Waals surface area contributed by atoms with E-state index in [9.17, 15) is 18.8 Å². The van der Waals surface area contributed by atoms with Gasteiger partial charge in [0.2, 0.25) is 0 Å². The highest BCUT2D eigenvalue weighted by Gasteiger charge is 2.18. The van der Waals surface area contributed by atoms with Crippen molar-refractivity contribution in [3.8, 4) is 0 Å². The highest BCUT2D eigenvalue weighted by molar-refractivity contribution is 6.07. The molecule has 10 nitrogen and oxygen atoms in total. The third kappa shape index (κ3) is 7.88. The Kier molecular flexibility index (Phi) is 9.68. The maximum atomic E-state index is 13.4. The van der Waals surface area contributed by atoms with Crippen LogP contribution in [0.25, 0.3) is 12.2 Å². The van der Waals surface area contributed by atoms with Crippen molar-refractivity contribution in [3.05, 3.63) is 107 Å². The number of amides is 3. The Labute approximate surface area is 255 Å². The van der Waals surface area contributed by atoms with Gasteiger partial charge in [-0.25, -0.2) is 4.39 Å². The van der Waals surface area contributed by atoms with Gasteiger partial charge in [-0.2, -0.15) is 0 Å². The topological polar surface area (TPSA) is 110 Å². The Bertz CT molecular complexity index is 1670. The first-order chi connectivity index (χ1) is 21.2. The molecular formula is C33H35FN6O4. The number of carbonyl (C=O) groups is 3. The van der Waals surface area contributed by atoms with Crippen molar-refractivity contribution < 1.29 is 23.5 Å². The summed E-state index contributed by atoms with van der Waals surface area (Å²) in [7, 11) is 3.46. The second-order valence-corrected chi connectivity index (χ2v) is 10.6. The first-order valence-corrected chi connectivity index (χ1v) is 14.3. The van der Waals surface area contributed by atoms with Crippen LogP contribution < -0.4 is 16.0 Å². The monoisotopic (exact) mass is 598 g/mol. The molecule has 0 atom stereocenters. The Morgan fingerprint density at radius 1 is 0.795 bits per heavy atom. The maximum absolute atomic E-state index is 13.4. The molecule has 0 spiro atoms. The zero-order valence-corrected chi connectivity index (χ0v) is 24.7. The number of morpholine rings is 1. The lowest BCUT2D eigenvalue weighted by Crippen LogP contribution is -2.41. The van der Waals surface area contributed by atoms with Crippen LogP contribution in [0.5, 0.6) is 0 Å². The van der Waals surface area contributed by atoms with Crippen LogP contribution in [0.4, 0.5) is 15.8 Å². The summed E-state index contributed by atoms with van der Waals surface area (Å²) in [6.07, 6.45) is 6.97. The molecule has 2 aromatic heterocycles. The quantitative estimate of drug-likeness (QED) is 0.237. The second-order valence-electron chi connectivity index (χ2n) is 10.6. The van der Waals surface area contributed by atoms with Crippen LogP contribution in [-0.2, 0) is 18.8 Å². The van der Waals surface area contributed by atoms with E-state index in [-0.39, 0.29) is 23.5 Å². The number of nitrogens with one attached hydrogen (secondary N) is 3. The van der Waals surface area contributed by atoms with Gasteiger partial charge in [-0.1, -0.05) is 36.4 Å². The minimum Gasteiger partial charge on any atom is -0.379 e. The van der Waals surface area contributed by atoms with Crippen LogP contribution >= 0.6 is 0 Å². The zero-order valence-electron chi connectivity index (χ0n) is 24.7. The van der Waals surface area contributed by atoms with E-state index in [1.54, 1.807) is 90.2 Å². The van der Waals surface area contributed by atoms with Gasteiger partial charge in [0, 0.05) is 58.2 Å². The average Bonchev–Trinajstić information content (AvgIpc) is 3.57. The molecule has 4 aromatic rings. The van der Waals surface area contributed by atoms with Crippen LogP contribution in [0.2, 0.25) is 0 Å². The Hall–Kier alpha value is -5.00. The van der Waals surface area contributed by atoms with E-state index in [1.807, 2.05) is 6.08 Å². The van der Waals surface area contributed by atoms with Gasteiger partial charge < -0.3 is 29.8 Å². The normalized spacial score (nSPS) is 13.6. The number of carbonyl (C=O) groups excluding carboxylic acids is 3.